The summed E-state index contributed by atoms with van der Waals surface area (Å²) < 4.78 is 11.1. The predicted octanol–water partition coefficient (Wildman–Crippen LogP) is 2.09. The van der Waals surface area contributed by atoms with E-state index in [9.17, 15) is 0 Å². The monoisotopic (exact) mass is 325 g/mol. The van der Waals surface area contributed by atoms with E-state index in [1.165, 1.54) is 5.56 Å². The van der Waals surface area contributed by atoms with Gasteiger partial charge in [0.2, 0.25) is 5.89 Å². The maximum atomic E-state index is 6.11. The summed E-state index contributed by atoms with van der Waals surface area (Å²) in [6.07, 6.45) is 1.31. The SMILES string of the molecule is COCc1noc(C[C@@H](N)Cc2ccccc2Br)n1. The molecule has 0 spiro atoms. The first-order valence-corrected chi connectivity index (χ1v) is 6.77. The molecule has 0 saturated heterocycles. The number of hydrogen-bond donors (Lipinski definition) is 1. The second-order valence-corrected chi connectivity index (χ2v) is 5.15. The number of rotatable bonds is 6. The third kappa shape index (κ3) is 4.12. The van der Waals surface area contributed by atoms with Gasteiger partial charge in [0.1, 0.15) is 6.61 Å². The average Bonchev–Trinajstić information content (AvgIpc) is 2.80. The Balaban J connectivity index is 1.93. The van der Waals surface area contributed by atoms with Crippen LogP contribution in [0.15, 0.2) is 33.3 Å². The number of nitrogens with zero attached hydrogens (tertiary/aromatic N) is 2. The van der Waals surface area contributed by atoms with Crippen molar-refractivity contribution in [1.82, 2.24) is 10.1 Å². The van der Waals surface area contributed by atoms with Crippen molar-refractivity contribution in [3.63, 3.8) is 0 Å². The van der Waals surface area contributed by atoms with Gasteiger partial charge in [0.05, 0.1) is 0 Å². The molecule has 2 aromatic rings. The topological polar surface area (TPSA) is 74.2 Å². The summed E-state index contributed by atoms with van der Waals surface area (Å²) in [5, 5.41) is 3.81. The third-order valence-electron chi connectivity index (χ3n) is 2.66. The minimum atomic E-state index is -0.0606. The summed E-state index contributed by atoms with van der Waals surface area (Å²) in [6, 6.07) is 7.97. The van der Waals surface area contributed by atoms with Crippen LogP contribution in [0.25, 0.3) is 0 Å². The second kappa shape index (κ2) is 6.79. The first-order valence-electron chi connectivity index (χ1n) is 5.98. The summed E-state index contributed by atoms with van der Waals surface area (Å²) in [5.74, 6) is 1.09. The Morgan fingerprint density at radius 1 is 1.37 bits per heavy atom. The third-order valence-corrected chi connectivity index (χ3v) is 3.43. The van der Waals surface area contributed by atoms with Gasteiger partial charge in [-0.25, -0.2) is 0 Å². The van der Waals surface area contributed by atoms with E-state index in [0.29, 0.717) is 24.7 Å². The molecule has 102 valence electrons. The minimum Gasteiger partial charge on any atom is -0.377 e. The zero-order chi connectivity index (χ0) is 13.7. The molecule has 5 nitrogen and oxygen atoms in total. The maximum absolute atomic E-state index is 6.11. The molecule has 19 heavy (non-hydrogen) atoms. The van der Waals surface area contributed by atoms with Gasteiger partial charge in [0, 0.05) is 24.0 Å². The Labute approximate surface area is 120 Å². The Morgan fingerprint density at radius 3 is 2.89 bits per heavy atom. The summed E-state index contributed by atoms with van der Waals surface area (Å²) in [4.78, 5) is 4.21. The van der Waals surface area contributed by atoms with Gasteiger partial charge in [-0.3, -0.25) is 0 Å². The summed E-state index contributed by atoms with van der Waals surface area (Å²) in [6.45, 7) is 0.350. The van der Waals surface area contributed by atoms with Crippen molar-refractivity contribution >= 4 is 15.9 Å². The number of ether oxygens (including phenoxy) is 1. The Morgan fingerprint density at radius 2 is 2.16 bits per heavy atom. The number of nitrogens with two attached hydrogens (primary N) is 1. The van der Waals surface area contributed by atoms with E-state index in [-0.39, 0.29) is 6.04 Å². The van der Waals surface area contributed by atoms with Gasteiger partial charge in [-0.2, -0.15) is 4.98 Å². The van der Waals surface area contributed by atoms with E-state index in [4.69, 9.17) is 15.0 Å². The van der Waals surface area contributed by atoms with Crippen LogP contribution in [0.4, 0.5) is 0 Å². The standard InChI is InChI=1S/C13H16BrN3O2/c1-18-8-12-16-13(19-17-12)7-10(15)6-9-4-2-3-5-11(9)14/h2-5,10H,6-8,15H2,1H3/t10-/m0/s1. The first kappa shape index (κ1) is 14.2. The molecule has 2 N–H and O–H groups in total. The molecule has 0 bridgehead atoms. The lowest BCUT2D eigenvalue weighted by Crippen LogP contribution is -2.25. The Hall–Kier alpha value is -1.24. The van der Waals surface area contributed by atoms with Gasteiger partial charge in [-0.15, -0.1) is 0 Å². The molecule has 0 aliphatic rings. The molecule has 2 rings (SSSR count). The van der Waals surface area contributed by atoms with E-state index < -0.39 is 0 Å². The second-order valence-electron chi connectivity index (χ2n) is 4.30. The van der Waals surface area contributed by atoms with Crippen molar-refractivity contribution in [2.75, 3.05) is 7.11 Å². The van der Waals surface area contributed by atoms with Gasteiger partial charge >= 0.3 is 0 Å². The van der Waals surface area contributed by atoms with Crippen LogP contribution in [-0.4, -0.2) is 23.3 Å². The fraction of sp³-hybridized carbons (Fsp3) is 0.385. The molecule has 0 fully saturated rings. The summed E-state index contributed by atoms with van der Waals surface area (Å²) in [5.41, 5.74) is 7.28. The number of methoxy groups -OCH3 is 1. The highest BCUT2D eigenvalue weighted by atomic mass is 79.9. The molecule has 0 unspecified atom stereocenters. The van der Waals surface area contributed by atoms with Gasteiger partial charge in [0.15, 0.2) is 5.82 Å². The summed E-state index contributed by atoms with van der Waals surface area (Å²) >= 11 is 3.51. The normalized spacial score (nSPS) is 12.6. The molecule has 6 heteroatoms. The minimum absolute atomic E-state index is 0.0606. The van der Waals surface area contributed by atoms with Crippen LogP contribution in [0.1, 0.15) is 17.3 Å². The molecule has 1 atom stereocenters. The number of hydrogen-bond acceptors (Lipinski definition) is 5. The molecular formula is C13H16BrN3O2. The maximum Gasteiger partial charge on any atom is 0.228 e. The van der Waals surface area contributed by atoms with Crippen molar-refractivity contribution in [1.29, 1.82) is 0 Å². The van der Waals surface area contributed by atoms with E-state index >= 15 is 0 Å². The van der Waals surface area contributed by atoms with E-state index in [2.05, 4.69) is 26.1 Å². The number of halogens is 1. The number of aromatic nitrogens is 2. The largest absolute Gasteiger partial charge is 0.377 e. The van der Waals surface area contributed by atoms with Crippen molar-refractivity contribution in [2.24, 2.45) is 5.73 Å². The lowest BCUT2D eigenvalue weighted by Gasteiger charge is -2.10. The molecule has 0 aliphatic heterocycles. The number of benzene rings is 1. The van der Waals surface area contributed by atoms with E-state index in [1.807, 2.05) is 24.3 Å². The van der Waals surface area contributed by atoms with E-state index in [0.717, 1.165) is 10.9 Å². The zero-order valence-corrected chi connectivity index (χ0v) is 12.3. The quantitative estimate of drug-likeness (QED) is 0.880. The molecule has 0 saturated carbocycles. The molecule has 1 aromatic carbocycles. The average molecular weight is 326 g/mol. The molecule has 0 aliphatic carbocycles. The van der Waals surface area contributed by atoms with Crippen LogP contribution < -0.4 is 5.73 Å². The highest BCUT2D eigenvalue weighted by molar-refractivity contribution is 9.10. The smallest absolute Gasteiger partial charge is 0.228 e. The van der Waals surface area contributed by atoms with Crippen molar-refractivity contribution in [3.8, 4) is 0 Å². The lowest BCUT2D eigenvalue weighted by molar-refractivity contribution is 0.174. The highest BCUT2D eigenvalue weighted by Gasteiger charge is 2.12. The van der Waals surface area contributed by atoms with Gasteiger partial charge in [-0.1, -0.05) is 39.3 Å². The lowest BCUT2D eigenvalue weighted by atomic mass is 10.0. The van der Waals surface area contributed by atoms with Gasteiger partial charge < -0.3 is 15.0 Å². The van der Waals surface area contributed by atoms with Crippen LogP contribution >= 0.6 is 15.9 Å². The van der Waals surface area contributed by atoms with Crippen LogP contribution in [0, 0.1) is 0 Å². The Bertz CT molecular complexity index is 530. The zero-order valence-electron chi connectivity index (χ0n) is 10.7. The summed E-state index contributed by atoms with van der Waals surface area (Å²) in [7, 11) is 1.59. The van der Waals surface area contributed by atoms with Gasteiger partial charge in [0.25, 0.3) is 0 Å². The molecule has 0 radical (unpaired) electrons. The first-order chi connectivity index (χ1) is 9.19. The van der Waals surface area contributed by atoms with Crippen LogP contribution in [0.3, 0.4) is 0 Å². The predicted molar refractivity (Wildman–Crippen MR) is 74.5 cm³/mol. The molecule has 1 aromatic heterocycles. The van der Waals surface area contributed by atoms with Crippen LogP contribution in [-0.2, 0) is 24.2 Å². The fourth-order valence-corrected chi connectivity index (χ4v) is 2.25. The Kier molecular flexibility index (Phi) is 5.07. The highest BCUT2D eigenvalue weighted by Crippen LogP contribution is 2.17. The van der Waals surface area contributed by atoms with Gasteiger partial charge in [-0.05, 0) is 18.1 Å². The fourth-order valence-electron chi connectivity index (χ4n) is 1.80. The van der Waals surface area contributed by atoms with Crippen molar-refractivity contribution in [2.45, 2.75) is 25.5 Å². The molecule has 1 heterocycles. The van der Waals surface area contributed by atoms with Crippen LogP contribution in [0.2, 0.25) is 0 Å². The molecular weight excluding hydrogens is 310 g/mol. The van der Waals surface area contributed by atoms with Crippen molar-refractivity contribution in [3.05, 3.63) is 46.0 Å². The molecule has 0 amide bonds. The van der Waals surface area contributed by atoms with E-state index in [1.54, 1.807) is 7.11 Å². The van der Waals surface area contributed by atoms with Crippen molar-refractivity contribution < 1.29 is 9.26 Å². The van der Waals surface area contributed by atoms with Crippen LogP contribution in [0.5, 0.6) is 0 Å².